The van der Waals surface area contributed by atoms with Crippen LogP contribution in [0.25, 0.3) is 23.2 Å². The van der Waals surface area contributed by atoms with Crippen molar-refractivity contribution in [2.75, 3.05) is 13.2 Å². The molecule has 0 aliphatic heterocycles. The number of furan rings is 1. The predicted molar refractivity (Wildman–Crippen MR) is 119 cm³/mol. The molecular weight excluding hydrogens is 424 g/mol. The zero-order valence-electron chi connectivity index (χ0n) is 17.7. The van der Waals surface area contributed by atoms with Crippen LogP contribution in [-0.2, 0) is 9.53 Å². The molecule has 2 aromatic heterocycles. The van der Waals surface area contributed by atoms with Crippen LogP contribution in [-0.4, -0.2) is 45.2 Å². The fraction of sp³-hybridized carbons (Fsp3) is 0.125. The fourth-order valence-corrected chi connectivity index (χ4v) is 3.02. The number of hydrogen-bond donors (Lipinski definition) is 0. The monoisotopic (exact) mass is 444 g/mol. The zero-order valence-corrected chi connectivity index (χ0v) is 17.7. The van der Waals surface area contributed by atoms with Gasteiger partial charge < -0.3 is 13.9 Å². The third-order valence-corrected chi connectivity index (χ3v) is 4.58. The van der Waals surface area contributed by atoms with Crippen molar-refractivity contribution in [3.63, 3.8) is 0 Å². The average molecular weight is 444 g/mol. The summed E-state index contributed by atoms with van der Waals surface area (Å²) in [6.07, 6.45) is 2.93. The third kappa shape index (κ3) is 5.21. The summed E-state index contributed by atoms with van der Waals surface area (Å²) in [5, 5.41) is 11.7. The molecular formula is C24H20N4O5. The number of rotatable bonds is 9. The first kappa shape index (κ1) is 21.7. The van der Waals surface area contributed by atoms with Crippen LogP contribution in [0.5, 0.6) is 5.75 Å². The first-order valence-corrected chi connectivity index (χ1v) is 10.2. The van der Waals surface area contributed by atoms with E-state index >= 15 is 0 Å². The van der Waals surface area contributed by atoms with E-state index in [1.807, 2.05) is 37.3 Å². The van der Waals surface area contributed by atoms with E-state index in [9.17, 15) is 9.59 Å². The minimum atomic E-state index is -0.782. The molecule has 0 bridgehead atoms. The van der Waals surface area contributed by atoms with Crippen LogP contribution in [0.2, 0.25) is 0 Å². The standard InChI is InChI=1S/C24H20N4O5/c1-2-31-19-12-10-17(11-13-19)22(29)16-33-24(30)21(15-20-9-6-14-32-20)28-23(25-26-27-28)18-7-4-3-5-8-18/h3-15H,2,16H2,1H3/b21-15-. The second-order valence-electron chi connectivity index (χ2n) is 6.78. The summed E-state index contributed by atoms with van der Waals surface area (Å²) >= 11 is 0. The minimum Gasteiger partial charge on any atom is -0.494 e. The summed E-state index contributed by atoms with van der Waals surface area (Å²) in [4.78, 5) is 25.5. The molecule has 0 spiro atoms. The molecule has 9 heteroatoms. The lowest BCUT2D eigenvalue weighted by Gasteiger charge is -2.10. The van der Waals surface area contributed by atoms with Crippen LogP contribution < -0.4 is 4.74 Å². The second-order valence-corrected chi connectivity index (χ2v) is 6.78. The number of benzene rings is 2. The smallest absolute Gasteiger partial charge is 0.357 e. The van der Waals surface area contributed by atoms with E-state index < -0.39 is 12.6 Å². The maximum absolute atomic E-state index is 13.0. The summed E-state index contributed by atoms with van der Waals surface area (Å²) in [5.74, 6) is 0.248. The Balaban J connectivity index is 1.56. The molecule has 0 fully saturated rings. The van der Waals surface area contributed by atoms with E-state index in [2.05, 4.69) is 15.5 Å². The number of tetrazole rings is 1. The molecule has 4 aromatic rings. The van der Waals surface area contributed by atoms with Gasteiger partial charge in [-0.3, -0.25) is 4.79 Å². The number of nitrogens with zero attached hydrogens (tertiary/aromatic N) is 4. The molecule has 0 N–H and O–H groups in total. The summed E-state index contributed by atoms with van der Waals surface area (Å²) in [7, 11) is 0. The van der Waals surface area contributed by atoms with Gasteiger partial charge in [-0.05, 0) is 53.7 Å². The van der Waals surface area contributed by atoms with Gasteiger partial charge in [-0.25, -0.2) is 4.79 Å². The summed E-state index contributed by atoms with van der Waals surface area (Å²) in [5.41, 5.74) is 1.09. The van der Waals surface area contributed by atoms with E-state index in [0.717, 1.165) is 0 Å². The highest BCUT2D eigenvalue weighted by Gasteiger charge is 2.22. The van der Waals surface area contributed by atoms with Crippen molar-refractivity contribution in [1.29, 1.82) is 0 Å². The number of esters is 1. The van der Waals surface area contributed by atoms with Crippen molar-refractivity contribution >= 4 is 23.5 Å². The Labute approximate surface area is 189 Å². The lowest BCUT2D eigenvalue weighted by molar-refractivity contribution is -0.136. The number of carbonyl (C=O) groups excluding carboxylic acids is 2. The van der Waals surface area contributed by atoms with Crippen LogP contribution in [0.3, 0.4) is 0 Å². The molecule has 2 aromatic carbocycles. The highest BCUT2D eigenvalue weighted by molar-refractivity contribution is 6.16. The van der Waals surface area contributed by atoms with Crippen molar-refractivity contribution in [3.8, 4) is 17.1 Å². The van der Waals surface area contributed by atoms with Gasteiger partial charge in [0.05, 0.1) is 12.9 Å². The van der Waals surface area contributed by atoms with E-state index in [1.165, 1.54) is 17.0 Å². The molecule has 0 saturated carbocycles. The lowest BCUT2D eigenvalue weighted by Crippen LogP contribution is -2.19. The van der Waals surface area contributed by atoms with E-state index in [4.69, 9.17) is 13.9 Å². The number of ether oxygens (including phenoxy) is 2. The predicted octanol–water partition coefficient (Wildman–Crippen LogP) is 3.76. The van der Waals surface area contributed by atoms with Gasteiger partial charge in [0.25, 0.3) is 0 Å². The van der Waals surface area contributed by atoms with Gasteiger partial charge in [-0.15, -0.1) is 5.10 Å². The Morgan fingerprint density at radius 3 is 2.52 bits per heavy atom. The number of Topliss-reactive ketones (excluding diaryl/α,β-unsaturated/α-hetero) is 1. The Kier molecular flexibility index (Phi) is 6.70. The second kappa shape index (κ2) is 10.2. The molecule has 9 nitrogen and oxygen atoms in total. The number of aromatic nitrogens is 4. The molecule has 4 rings (SSSR count). The minimum absolute atomic E-state index is 0.00621. The van der Waals surface area contributed by atoms with Crippen LogP contribution in [0.4, 0.5) is 0 Å². The summed E-state index contributed by atoms with van der Waals surface area (Å²) in [6.45, 7) is 1.95. The Hall–Kier alpha value is -4.53. The molecule has 0 saturated heterocycles. The highest BCUT2D eigenvalue weighted by Crippen LogP contribution is 2.21. The van der Waals surface area contributed by atoms with Gasteiger partial charge in [0.1, 0.15) is 11.5 Å². The van der Waals surface area contributed by atoms with Crippen LogP contribution in [0.15, 0.2) is 77.4 Å². The quantitative estimate of drug-likeness (QED) is 0.218. The van der Waals surface area contributed by atoms with Crippen molar-refractivity contribution in [3.05, 3.63) is 84.3 Å². The Morgan fingerprint density at radius 2 is 1.82 bits per heavy atom. The molecule has 166 valence electrons. The topological polar surface area (TPSA) is 109 Å². The van der Waals surface area contributed by atoms with E-state index in [-0.39, 0.29) is 11.5 Å². The molecule has 0 radical (unpaired) electrons. The van der Waals surface area contributed by atoms with Crippen LogP contribution in [0, 0.1) is 0 Å². The van der Waals surface area contributed by atoms with Gasteiger partial charge in [-0.2, -0.15) is 4.68 Å². The maximum Gasteiger partial charge on any atom is 0.357 e. The lowest BCUT2D eigenvalue weighted by atomic mass is 10.1. The highest BCUT2D eigenvalue weighted by atomic mass is 16.5. The van der Waals surface area contributed by atoms with E-state index in [1.54, 1.807) is 36.4 Å². The Bertz CT molecular complexity index is 1250. The first-order valence-electron chi connectivity index (χ1n) is 10.2. The normalized spacial score (nSPS) is 11.2. The van der Waals surface area contributed by atoms with Crippen molar-refractivity contribution in [2.24, 2.45) is 0 Å². The summed E-state index contributed by atoms with van der Waals surface area (Å²) < 4.78 is 17.3. The maximum atomic E-state index is 13.0. The fourth-order valence-electron chi connectivity index (χ4n) is 3.02. The Morgan fingerprint density at radius 1 is 1.03 bits per heavy atom. The number of ketones is 1. The molecule has 2 heterocycles. The molecule has 0 unspecified atom stereocenters. The van der Waals surface area contributed by atoms with Crippen molar-refractivity contribution < 1.29 is 23.5 Å². The summed E-state index contributed by atoms with van der Waals surface area (Å²) in [6, 6.07) is 19.1. The first-order chi connectivity index (χ1) is 16.2. The molecule has 0 aliphatic rings. The molecule has 0 atom stereocenters. The van der Waals surface area contributed by atoms with Gasteiger partial charge in [-0.1, -0.05) is 30.3 Å². The van der Waals surface area contributed by atoms with Gasteiger partial charge in [0.15, 0.2) is 23.9 Å². The van der Waals surface area contributed by atoms with Gasteiger partial charge in [0, 0.05) is 17.2 Å². The molecule has 33 heavy (non-hydrogen) atoms. The number of hydrogen-bond acceptors (Lipinski definition) is 8. The molecule has 0 aliphatic carbocycles. The van der Waals surface area contributed by atoms with Crippen LogP contribution in [0.1, 0.15) is 23.0 Å². The van der Waals surface area contributed by atoms with Gasteiger partial charge in [0.2, 0.25) is 0 Å². The average Bonchev–Trinajstić information content (AvgIpc) is 3.54. The van der Waals surface area contributed by atoms with Crippen molar-refractivity contribution in [1.82, 2.24) is 20.2 Å². The van der Waals surface area contributed by atoms with Crippen LogP contribution >= 0.6 is 0 Å². The largest absolute Gasteiger partial charge is 0.494 e. The SMILES string of the molecule is CCOc1ccc(C(=O)COC(=O)/C(=C/c2ccco2)n2nnnc2-c2ccccc2)cc1. The van der Waals surface area contributed by atoms with E-state index in [0.29, 0.717) is 35.1 Å². The molecule has 0 amide bonds. The zero-order chi connectivity index (χ0) is 23.0. The van der Waals surface area contributed by atoms with Crippen molar-refractivity contribution in [2.45, 2.75) is 6.92 Å². The van der Waals surface area contributed by atoms with Gasteiger partial charge >= 0.3 is 5.97 Å². The number of carbonyl (C=O) groups is 2. The third-order valence-electron chi connectivity index (χ3n) is 4.58.